The van der Waals surface area contributed by atoms with Crippen molar-refractivity contribution in [1.82, 2.24) is 0 Å². The largest absolute Gasteiger partial charge is 0.481 e. The fourth-order valence-electron chi connectivity index (χ4n) is 5.99. The Morgan fingerprint density at radius 1 is 0.458 bits per heavy atom. The van der Waals surface area contributed by atoms with Crippen LogP contribution in [-0.4, -0.2) is 23.1 Å². The van der Waals surface area contributed by atoms with Crippen molar-refractivity contribution in [2.75, 3.05) is 0 Å². The molecule has 0 amide bonds. The number of carbonyl (C=O) groups is 2. The summed E-state index contributed by atoms with van der Waals surface area (Å²) in [5, 5.41) is 8.73. The molecule has 1 unspecified atom stereocenters. The minimum Gasteiger partial charge on any atom is -0.481 e. The quantitative estimate of drug-likeness (QED) is 0.0406. The number of carbonyl (C=O) groups excluding carboxylic acids is 1. The lowest BCUT2D eigenvalue weighted by atomic mass is 10.0. The summed E-state index contributed by atoms with van der Waals surface area (Å²) in [5.41, 5.74) is 0. The average Bonchev–Trinajstić information content (AvgIpc) is 3.07. The predicted octanol–water partition coefficient (Wildman–Crippen LogP) is 14.3. The maximum Gasteiger partial charge on any atom is 0.306 e. The van der Waals surface area contributed by atoms with Crippen LogP contribution < -0.4 is 0 Å². The van der Waals surface area contributed by atoms with Gasteiger partial charge in [0, 0.05) is 12.8 Å². The molecule has 0 aliphatic rings. The molecule has 0 saturated heterocycles. The lowest BCUT2D eigenvalue weighted by Gasteiger charge is -2.18. The second kappa shape index (κ2) is 39.3. The molecule has 0 spiro atoms. The van der Waals surface area contributed by atoms with E-state index in [1.54, 1.807) is 0 Å². The monoisotopic (exact) mass is 671 g/mol. The van der Waals surface area contributed by atoms with Crippen molar-refractivity contribution in [2.24, 2.45) is 0 Å². The van der Waals surface area contributed by atoms with Gasteiger partial charge in [-0.3, -0.25) is 9.59 Å². The van der Waals surface area contributed by atoms with Gasteiger partial charge in [0.05, 0.1) is 0 Å². The van der Waals surface area contributed by atoms with Gasteiger partial charge in [-0.2, -0.15) is 0 Å². The number of unbranched alkanes of at least 4 members (excludes halogenated alkanes) is 20. The number of carboxylic acids is 1. The molecule has 0 aliphatic carbocycles. The van der Waals surface area contributed by atoms with Crippen molar-refractivity contribution in [3.63, 3.8) is 0 Å². The Morgan fingerprint density at radius 2 is 0.812 bits per heavy atom. The highest BCUT2D eigenvalue weighted by molar-refractivity contribution is 5.69. The van der Waals surface area contributed by atoms with Crippen molar-refractivity contribution < 1.29 is 19.4 Å². The molecular formula is C44H78O4. The highest BCUT2D eigenvalue weighted by Crippen LogP contribution is 2.19. The molecule has 48 heavy (non-hydrogen) atoms. The van der Waals surface area contributed by atoms with E-state index in [9.17, 15) is 9.59 Å². The summed E-state index contributed by atoms with van der Waals surface area (Å²) >= 11 is 0. The van der Waals surface area contributed by atoms with Gasteiger partial charge in [0.15, 0.2) is 0 Å². The summed E-state index contributed by atoms with van der Waals surface area (Å²) in [7, 11) is 0. The van der Waals surface area contributed by atoms with E-state index >= 15 is 0 Å². The van der Waals surface area contributed by atoms with E-state index in [0.717, 1.165) is 83.5 Å². The number of hydrogen-bond acceptors (Lipinski definition) is 3. The Balaban J connectivity index is 4.05. The molecule has 1 atom stereocenters. The van der Waals surface area contributed by atoms with E-state index in [-0.39, 0.29) is 12.1 Å². The van der Waals surface area contributed by atoms with Crippen LogP contribution in [0, 0.1) is 0 Å². The van der Waals surface area contributed by atoms with Crippen molar-refractivity contribution in [3.05, 3.63) is 48.6 Å². The van der Waals surface area contributed by atoms with Crippen molar-refractivity contribution >= 4 is 11.9 Å². The van der Waals surface area contributed by atoms with Crippen molar-refractivity contribution in [3.8, 4) is 0 Å². The number of ether oxygens (including phenoxy) is 1. The Kier molecular flexibility index (Phi) is 37.6. The first-order valence-corrected chi connectivity index (χ1v) is 20.6. The fraction of sp³-hybridized carbons (Fsp3) is 0.773. The maximum absolute atomic E-state index is 12.7. The minimum atomic E-state index is -0.681. The second-order valence-corrected chi connectivity index (χ2v) is 13.8. The lowest BCUT2D eigenvalue weighted by Crippen LogP contribution is -2.18. The molecule has 0 heterocycles. The van der Waals surface area contributed by atoms with E-state index in [1.165, 1.54) is 103 Å². The molecule has 0 aromatic rings. The Morgan fingerprint density at radius 3 is 1.29 bits per heavy atom. The van der Waals surface area contributed by atoms with Crippen LogP contribution in [0.4, 0.5) is 0 Å². The summed E-state index contributed by atoms with van der Waals surface area (Å²) in [4.78, 5) is 23.3. The predicted molar refractivity (Wildman–Crippen MR) is 209 cm³/mol. The number of allylic oxidation sites excluding steroid dienone is 8. The zero-order valence-electron chi connectivity index (χ0n) is 31.8. The Hall–Kier alpha value is -2.10. The van der Waals surface area contributed by atoms with Gasteiger partial charge < -0.3 is 9.84 Å². The first kappa shape index (κ1) is 45.9. The van der Waals surface area contributed by atoms with Crippen LogP contribution in [0.5, 0.6) is 0 Å². The van der Waals surface area contributed by atoms with Gasteiger partial charge in [-0.25, -0.2) is 0 Å². The summed E-state index contributed by atoms with van der Waals surface area (Å²) in [6, 6.07) is 0. The maximum atomic E-state index is 12.7. The van der Waals surface area contributed by atoms with Crippen LogP contribution in [0.1, 0.15) is 213 Å². The Bertz CT molecular complexity index is 809. The molecule has 0 aromatic heterocycles. The average molecular weight is 671 g/mol. The zero-order valence-corrected chi connectivity index (χ0v) is 31.8. The van der Waals surface area contributed by atoms with Crippen LogP contribution in [0.15, 0.2) is 48.6 Å². The molecule has 0 bridgehead atoms. The summed E-state index contributed by atoms with van der Waals surface area (Å²) in [6.45, 7) is 4.51. The number of hydrogen-bond donors (Lipinski definition) is 1. The smallest absolute Gasteiger partial charge is 0.306 e. The summed E-state index contributed by atoms with van der Waals surface area (Å²) < 4.78 is 6.02. The van der Waals surface area contributed by atoms with Crippen LogP contribution in [0.3, 0.4) is 0 Å². The van der Waals surface area contributed by atoms with Crippen LogP contribution >= 0.6 is 0 Å². The minimum absolute atomic E-state index is 0.00330. The summed E-state index contributed by atoms with van der Waals surface area (Å²) in [5.74, 6) is -0.677. The number of aliphatic carboxylic acids is 1. The van der Waals surface area contributed by atoms with Crippen molar-refractivity contribution in [2.45, 2.75) is 219 Å². The molecule has 0 aromatic carbocycles. The molecule has 4 heteroatoms. The third-order valence-electron chi connectivity index (χ3n) is 9.05. The zero-order chi connectivity index (χ0) is 35.0. The highest BCUT2D eigenvalue weighted by Gasteiger charge is 2.14. The number of rotatable bonds is 37. The first-order valence-electron chi connectivity index (χ1n) is 20.6. The van der Waals surface area contributed by atoms with Crippen LogP contribution in [-0.2, 0) is 14.3 Å². The van der Waals surface area contributed by atoms with Crippen molar-refractivity contribution in [1.29, 1.82) is 0 Å². The van der Waals surface area contributed by atoms with Gasteiger partial charge in [-0.1, -0.05) is 165 Å². The van der Waals surface area contributed by atoms with Gasteiger partial charge in [0.2, 0.25) is 0 Å². The van der Waals surface area contributed by atoms with E-state index in [2.05, 4.69) is 62.5 Å². The first-order chi connectivity index (χ1) is 23.6. The normalized spacial score (nSPS) is 12.7. The lowest BCUT2D eigenvalue weighted by molar-refractivity contribution is -0.150. The molecule has 4 nitrogen and oxygen atoms in total. The summed E-state index contributed by atoms with van der Waals surface area (Å²) in [6.07, 6.45) is 52.8. The van der Waals surface area contributed by atoms with Gasteiger partial charge >= 0.3 is 11.9 Å². The molecular weight excluding hydrogens is 592 g/mol. The highest BCUT2D eigenvalue weighted by atomic mass is 16.5. The number of carboxylic acid groups (broad SMARTS) is 1. The van der Waals surface area contributed by atoms with Gasteiger partial charge in [-0.15, -0.1) is 0 Å². The number of esters is 1. The SMILES string of the molecule is CCCCC/C=C\C/C=C\C/C=C\C/C=C\CCCCCC(=O)OC(CCCCCCCCC)CCCCCCCCCCCC(=O)O. The fourth-order valence-corrected chi connectivity index (χ4v) is 5.99. The second-order valence-electron chi connectivity index (χ2n) is 13.8. The van der Waals surface area contributed by atoms with E-state index < -0.39 is 5.97 Å². The van der Waals surface area contributed by atoms with Crippen LogP contribution in [0.2, 0.25) is 0 Å². The topological polar surface area (TPSA) is 63.6 Å². The molecule has 1 N–H and O–H groups in total. The molecule has 0 rings (SSSR count). The third-order valence-corrected chi connectivity index (χ3v) is 9.05. The molecule has 0 aliphatic heterocycles. The Labute approximate surface area is 298 Å². The third kappa shape index (κ3) is 38.3. The van der Waals surface area contributed by atoms with E-state index in [0.29, 0.717) is 12.8 Å². The molecule has 0 saturated carbocycles. The van der Waals surface area contributed by atoms with E-state index in [1.807, 2.05) is 0 Å². The van der Waals surface area contributed by atoms with E-state index in [4.69, 9.17) is 9.84 Å². The standard InChI is InChI=1S/C44H78O4/c1-3-5-7-9-11-12-13-14-15-16-17-18-19-20-21-25-29-33-37-41-44(47)48-42(38-34-30-26-10-8-6-4-2)39-35-31-27-23-22-24-28-32-36-40-43(45)46/h11-12,14-15,17-18,20-21,42H,3-10,13,16,19,22-41H2,1-2H3,(H,45,46)/b12-11-,15-14-,18-17-,21-20-. The molecule has 0 fully saturated rings. The van der Waals surface area contributed by atoms with Crippen LogP contribution in [0.25, 0.3) is 0 Å². The molecule has 0 radical (unpaired) electrons. The molecule has 278 valence electrons. The van der Waals surface area contributed by atoms with Gasteiger partial charge in [0.25, 0.3) is 0 Å². The van der Waals surface area contributed by atoms with Gasteiger partial charge in [0.1, 0.15) is 6.10 Å². The van der Waals surface area contributed by atoms with Gasteiger partial charge in [-0.05, 0) is 83.5 Å².